The predicted octanol–water partition coefficient (Wildman–Crippen LogP) is 3.96. The van der Waals surface area contributed by atoms with Crippen molar-refractivity contribution in [3.63, 3.8) is 0 Å². The lowest BCUT2D eigenvalue weighted by molar-refractivity contribution is 0.0787. The van der Waals surface area contributed by atoms with Gasteiger partial charge in [-0.3, -0.25) is 9.48 Å². The van der Waals surface area contributed by atoms with Gasteiger partial charge in [-0.2, -0.15) is 5.10 Å². The minimum Gasteiger partial charge on any atom is -0.486 e. The SMILES string of the molecule is Cc1ccc(Cn2nc(C(=O)NCC3COc4ccccc4O3)c3ccccc32)cc1. The molecule has 1 aliphatic heterocycles. The Balaban J connectivity index is 1.32. The first-order valence-corrected chi connectivity index (χ1v) is 10.3. The lowest BCUT2D eigenvalue weighted by atomic mass is 10.1. The average Bonchev–Trinajstić information content (AvgIpc) is 3.17. The Morgan fingerprint density at radius 1 is 1.03 bits per heavy atom. The summed E-state index contributed by atoms with van der Waals surface area (Å²) in [6.07, 6.45) is -0.250. The molecular weight excluding hydrogens is 390 g/mol. The number of rotatable bonds is 5. The Hall–Kier alpha value is -3.80. The van der Waals surface area contributed by atoms with Gasteiger partial charge in [0.2, 0.25) is 0 Å². The molecule has 1 aromatic heterocycles. The highest BCUT2D eigenvalue weighted by Crippen LogP contribution is 2.30. The van der Waals surface area contributed by atoms with Gasteiger partial charge in [0.25, 0.3) is 5.91 Å². The van der Waals surface area contributed by atoms with Gasteiger partial charge in [-0.1, -0.05) is 60.2 Å². The topological polar surface area (TPSA) is 65.4 Å². The van der Waals surface area contributed by atoms with Crippen molar-refractivity contribution in [2.24, 2.45) is 0 Å². The third-order valence-corrected chi connectivity index (χ3v) is 5.38. The molecule has 0 aliphatic carbocycles. The Morgan fingerprint density at radius 2 is 1.77 bits per heavy atom. The quantitative estimate of drug-likeness (QED) is 0.538. The number of carbonyl (C=O) groups is 1. The molecule has 6 nitrogen and oxygen atoms in total. The van der Waals surface area contributed by atoms with Gasteiger partial charge >= 0.3 is 0 Å². The highest BCUT2D eigenvalue weighted by molar-refractivity contribution is 6.04. The number of aromatic nitrogens is 2. The summed E-state index contributed by atoms with van der Waals surface area (Å²) >= 11 is 0. The molecule has 1 N–H and O–H groups in total. The molecule has 0 bridgehead atoms. The van der Waals surface area contributed by atoms with E-state index in [0.29, 0.717) is 31.1 Å². The summed E-state index contributed by atoms with van der Waals surface area (Å²) in [5.41, 5.74) is 3.70. The van der Waals surface area contributed by atoms with Crippen LogP contribution in [-0.2, 0) is 6.54 Å². The average molecular weight is 413 g/mol. The second-order valence-electron chi connectivity index (χ2n) is 7.72. The van der Waals surface area contributed by atoms with Crippen LogP contribution in [0.5, 0.6) is 11.5 Å². The molecule has 4 aromatic rings. The summed E-state index contributed by atoms with van der Waals surface area (Å²) < 4.78 is 13.5. The molecule has 0 saturated carbocycles. The standard InChI is InChI=1S/C25H23N3O3/c1-17-10-12-18(13-11-17)15-28-21-7-3-2-6-20(21)24(27-28)25(29)26-14-19-16-30-22-8-4-5-9-23(22)31-19/h2-13,19H,14-16H2,1H3,(H,26,29). The molecule has 0 saturated heterocycles. The largest absolute Gasteiger partial charge is 0.486 e. The second-order valence-corrected chi connectivity index (χ2v) is 7.72. The minimum atomic E-state index is -0.250. The number of nitrogens with one attached hydrogen (secondary N) is 1. The van der Waals surface area contributed by atoms with Crippen LogP contribution in [0.4, 0.5) is 0 Å². The number of benzene rings is 3. The van der Waals surface area contributed by atoms with E-state index in [9.17, 15) is 4.79 Å². The van der Waals surface area contributed by atoms with E-state index in [4.69, 9.17) is 9.47 Å². The Bertz CT molecular complexity index is 1230. The molecular formula is C25H23N3O3. The van der Waals surface area contributed by atoms with Gasteiger partial charge in [-0.05, 0) is 30.7 Å². The van der Waals surface area contributed by atoms with E-state index in [2.05, 4.69) is 41.6 Å². The van der Waals surface area contributed by atoms with Crippen LogP contribution in [0.15, 0.2) is 72.8 Å². The molecule has 1 unspecified atom stereocenters. The number of ether oxygens (including phenoxy) is 2. The highest BCUT2D eigenvalue weighted by Gasteiger charge is 2.23. The molecule has 0 spiro atoms. The number of aryl methyl sites for hydroxylation is 1. The fourth-order valence-corrected chi connectivity index (χ4v) is 3.74. The number of hydrogen-bond donors (Lipinski definition) is 1. The van der Waals surface area contributed by atoms with Gasteiger partial charge in [0.1, 0.15) is 12.7 Å². The van der Waals surface area contributed by atoms with Crippen LogP contribution in [-0.4, -0.2) is 34.9 Å². The molecule has 1 amide bonds. The van der Waals surface area contributed by atoms with E-state index in [1.54, 1.807) is 0 Å². The number of amides is 1. The first-order valence-electron chi connectivity index (χ1n) is 10.3. The number of hydrogen-bond acceptors (Lipinski definition) is 4. The van der Waals surface area contributed by atoms with Gasteiger partial charge in [0.05, 0.1) is 18.6 Å². The van der Waals surface area contributed by atoms with Crippen LogP contribution in [0.3, 0.4) is 0 Å². The molecule has 6 heteroatoms. The molecule has 5 rings (SSSR count). The van der Waals surface area contributed by atoms with Crippen molar-refractivity contribution in [2.75, 3.05) is 13.2 Å². The molecule has 3 aromatic carbocycles. The molecule has 2 heterocycles. The first-order chi connectivity index (χ1) is 15.2. The molecule has 156 valence electrons. The van der Waals surface area contributed by atoms with Gasteiger partial charge in [0.15, 0.2) is 17.2 Å². The number of carbonyl (C=O) groups excluding carboxylic acids is 1. The maximum atomic E-state index is 13.0. The molecule has 0 radical (unpaired) electrons. The van der Waals surface area contributed by atoms with Crippen LogP contribution in [0, 0.1) is 6.92 Å². The fraction of sp³-hybridized carbons (Fsp3) is 0.200. The van der Waals surface area contributed by atoms with E-state index in [1.165, 1.54) is 5.56 Å². The van der Waals surface area contributed by atoms with Crippen molar-refractivity contribution in [1.29, 1.82) is 0 Å². The lowest BCUT2D eigenvalue weighted by Gasteiger charge is -2.26. The fourth-order valence-electron chi connectivity index (χ4n) is 3.74. The van der Waals surface area contributed by atoms with E-state index in [0.717, 1.165) is 22.2 Å². The molecule has 0 fully saturated rings. The van der Waals surface area contributed by atoms with Crippen molar-refractivity contribution < 1.29 is 14.3 Å². The zero-order valence-electron chi connectivity index (χ0n) is 17.2. The summed E-state index contributed by atoms with van der Waals surface area (Å²) in [4.78, 5) is 13.0. The summed E-state index contributed by atoms with van der Waals surface area (Å²) in [5.74, 6) is 1.20. The Morgan fingerprint density at radius 3 is 2.61 bits per heavy atom. The highest BCUT2D eigenvalue weighted by atomic mass is 16.6. The van der Waals surface area contributed by atoms with Gasteiger partial charge < -0.3 is 14.8 Å². The van der Waals surface area contributed by atoms with Crippen molar-refractivity contribution in [3.05, 3.63) is 89.6 Å². The third kappa shape index (κ3) is 3.97. The maximum absolute atomic E-state index is 13.0. The van der Waals surface area contributed by atoms with Crippen LogP contribution < -0.4 is 14.8 Å². The van der Waals surface area contributed by atoms with E-state index < -0.39 is 0 Å². The minimum absolute atomic E-state index is 0.221. The van der Waals surface area contributed by atoms with Crippen LogP contribution in [0.2, 0.25) is 0 Å². The van der Waals surface area contributed by atoms with Crippen molar-refractivity contribution in [2.45, 2.75) is 19.6 Å². The zero-order valence-corrected chi connectivity index (χ0v) is 17.2. The van der Waals surface area contributed by atoms with Crippen LogP contribution >= 0.6 is 0 Å². The van der Waals surface area contributed by atoms with Gasteiger partial charge in [-0.25, -0.2) is 0 Å². The van der Waals surface area contributed by atoms with E-state index >= 15 is 0 Å². The van der Waals surface area contributed by atoms with Gasteiger partial charge in [0, 0.05) is 5.39 Å². The molecule has 1 aliphatic rings. The maximum Gasteiger partial charge on any atom is 0.272 e. The normalized spacial score (nSPS) is 15.1. The number of fused-ring (bicyclic) bond motifs is 2. The van der Waals surface area contributed by atoms with Crippen molar-refractivity contribution in [1.82, 2.24) is 15.1 Å². The smallest absolute Gasteiger partial charge is 0.272 e. The monoisotopic (exact) mass is 413 g/mol. The summed E-state index contributed by atoms with van der Waals surface area (Å²) in [5, 5.41) is 8.43. The van der Waals surface area contributed by atoms with E-state index in [-0.39, 0.29) is 12.0 Å². The Kier molecular flexibility index (Phi) is 5.04. The second kappa shape index (κ2) is 8.14. The van der Waals surface area contributed by atoms with Crippen molar-refractivity contribution in [3.8, 4) is 11.5 Å². The lowest BCUT2D eigenvalue weighted by Crippen LogP contribution is -2.40. The zero-order chi connectivity index (χ0) is 21.2. The third-order valence-electron chi connectivity index (χ3n) is 5.38. The summed E-state index contributed by atoms with van der Waals surface area (Å²) in [6.45, 7) is 3.39. The predicted molar refractivity (Wildman–Crippen MR) is 119 cm³/mol. The molecule has 31 heavy (non-hydrogen) atoms. The Labute approximate surface area is 180 Å². The summed E-state index contributed by atoms with van der Waals surface area (Å²) in [6, 6.07) is 23.7. The van der Waals surface area contributed by atoms with Crippen LogP contribution in [0.25, 0.3) is 10.9 Å². The van der Waals surface area contributed by atoms with E-state index in [1.807, 2.05) is 53.2 Å². The van der Waals surface area contributed by atoms with Crippen molar-refractivity contribution >= 4 is 16.8 Å². The number of nitrogens with zero attached hydrogens (tertiary/aromatic N) is 2. The van der Waals surface area contributed by atoms with Gasteiger partial charge in [-0.15, -0.1) is 0 Å². The van der Waals surface area contributed by atoms with Crippen LogP contribution in [0.1, 0.15) is 21.6 Å². The first kappa shape index (κ1) is 19.2. The number of para-hydroxylation sites is 3. The molecule has 1 atom stereocenters. The summed E-state index contributed by atoms with van der Waals surface area (Å²) in [7, 11) is 0.